The van der Waals surface area contributed by atoms with Gasteiger partial charge in [-0.05, 0) is 32.0 Å². The van der Waals surface area contributed by atoms with Gasteiger partial charge < -0.3 is 0 Å². The van der Waals surface area contributed by atoms with Crippen molar-refractivity contribution in [1.29, 1.82) is 0 Å². The maximum atomic E-state index is 11.6. The molecule has 0 radical (unpaired) electrons. The molecule has 2 nitrogen and oxygen atoms in total. The lowest BCUT2D eigenvalue weighted by atomic mass is 10.1. The molecular formula is C14H21NO. The van der Waals surface area contributed by atoms with Crippen LogP contribution in [0.15, 0.2) is 24.3 Å². The molecule has 0 N–H and O–H groups in total. The molecule has 0 saturated heterocycles. The maximum absolute atomic E-state index is 11.6. The molecule has 0 aliphatic carbocycles. The van der Waals surface area contributed by atoms with Crippen LogP contribution in [0.4, 0.5) is 0 Å². The predicted molar refractivity (Wildman–Crippen MR) is 67.4 cm³/mol. The Balaban J connectivity index is 2.68. The Hall–Kier alpha value is -1.15. The third kappa shape index (κ3) is 3.17. The molecule has 1 unspecified atom stereocenters. The van der Waals surface area contributed by atoms with Gasteiger partial charge in [-0.1, -0.05) is 31.2 Å². The van der Waals surface area contributed by atoms with Crippen molar-refractivity contribution >= 4 is 5.78 Å². The number of likely N-dealkylation sites (N-methyl/N-ethyl adjacent to an activating group) is 1. The molecule has 1 aromatic rings. The summed E-state index contributed by atoms with van der Waals surface area (Å²) in [6, 6.07) is 8.32. The van der Waals surface area contributed by atoms with E-state index in [1.807, 2.05) is 33.0 Å². The van der Waals surface area contributed by atoms with E-state index in [-0.39, 0.29) is 6.04 Å². The minimum absolute atomic E-state index is 0.00426. The largest absolute Gasteiger partial charge is 0.298 e. The molecule has 2 heteroatoms. The first-order valence-electron chi connectivity index (χ1n) is 5.83. The first kappa shape index (κ1) is 12.9. The molecule has 0 amide bonds. The molecule has 0 heterocycles. The van der Waals surface area contributed by atoms with E-state index < -0.39 is 0 Å². The van der Waals surface area contributed by atoms with Gasteiger partial charge in [0.05, 0.1) is 6.04 Å². The minimum Gasteiger partial charge on any atom is -0.298 e. The molecule has 0 aliphatic heterocycles. The fraction of sp³-hybridized carbons (Fsp3) is 0.500. The molecule has 0 spiro atoms. The number of rotatable bonds is 5. The number of carbonyl (C=O) groups is 1. The zero-order valence-electron chi connectivity index (χ0n) is 10.7. The average molecular weight is 219 g/mol. The van der Waals surface area contributed by atoms with Gasteiger partial charge in [0, 0.05) is 13.0 Å². The molecule has 16 heavy (non-hydrogen) atoms. The van der Waals surface area contributed by atoms with Gasteiger partial charge >= 0.3 is 0 Å². The monoisotopic (exact) mass is 219 g/mol. The minimum atomic E-state index is 0.00426. The number of ketones is 1. The van der Waals surface area contributed by atoms with Crippen molar-refractivity contribution in [2.45, 2.75) is 39.8 Å². The van der Waals surface area contributed by atoms with Crippen LogP contribution < -0.4 is 0 Å². The van der Waals surface area contributed by atoms with Crippen molar-refractivity contribution in [3.05, 3.63) is 35.4 Å². The summed E-state index contributed by atoms with van der Waals surface area (Å²) < 4.78 is 0. The highest BCUT2D eigenvalue weighted by Gasteiger charge is 2.16. The fourth-order valence-corrected chi connectivity index (χ4v) is 1.73. The molecule has 0 saturated carbocycles. The second kappa shape index (κ2) is 5.80. The Morgan fingerprint density at radius 1 is 1.38 bits per heavy atom. The normalized spacial score (nSPS) is 12.8. The van der Waals surface area contributed by atoms with Gasteiger partial charge in [-0.25, -0.2) is 0 Å². The van der Waals surface area contributed by atoms with Gasteiger partial charge in [-0.3, -0.25) is 9.69 Å². The summed E-state index contributed by atoms with van der Waals surface area (Å²) in [6.45, 7) is 6.83. The van der Waals surface area contributed by atoms with Crippen molar-refractivity contribution in [3.63, 3.8) is 0 Å². The van der Waals surface area contributed by atoms with Crippen molar-refractivity contribution in [1.82, 2.24) is 4.90 Å². The summed E-state index contributed by atoms with van der Waals surface area (Å²) >= 11 is 0. The van der Waals surface area contributed by atoms with Crippen molar-refractivity contribution in [2.24, 2.45) is 0 Å². The third-order valence-electron chi connectivity index (χ3n) is 3.16. The Labute approximate surface area is 98.3 Å². The van der Waals surface area contributed by atoms with Crippen LogP contribution in [0.3, 0.4) is 0 Å². The van der Waals surface area contributed by atoms with Crippen molar-refractivity contribution < 1.29 is 4.79 Å². The van der Waals surface area contributed by atoms with Crippen LogP contribution >= 0.6 is 0 Å². The van der Waals surface area contributed by atoms with E-state index in [0.29, 0.717) is 12.2 Å². The van der Waals surface area contributed by atoms with Gasteiger partial charge in [0.25, 0.3) is 0 Å². The number of hydrogen-bond acceptors (Lipinski definition) is 2. The number of carbonyl (C=O) groups excluding carboxylic acids is 1. The number of nitrogens with zero attached hydrogens (tertiary/aromatic N) is 1. The lowest BCUT2D eigenvalue weighted by Gasteiger charge is -2.24. The van der Waals surface area contributed by atoms with Crippen LogP contribution in [-0.4, -0.2) is 23.8 Å². The lowest BCUT2D eigenvalue weighted by molar-refractivity contribution is -0.123. The van der Waals surface area contributed by atoms with Crippen LogP contribution in [0.25, 0.3) is 0 Å². The highest BCUT2D eigenvalue weighted by molar-refractivity contribution is 5.83. The van der Waals surface area contributed by atoms with Crippen molar-refractivity contribution in [2.75, 3.05) is 7.05 Å². The van der Waals surface area contributed by atoms with Gasteiger partial charge in [0.1, 0.15) is 5.78 Å². The highest BCUT2D eigenvalue weighted by atomic mass is 16.1. The van der Waals surface area contributed by atoms with Gasteiger partial charge in [0.15, 0.2) is 0 Å². The molecule has 1 aromatic carbocycles. The van der Waals surface area contributed by atoms with E-state index in [1.54, 1.807) is 0 Å². The number of Topliss-reactive ketones (excluding diaryl/α,β-unsaturated/α-hetero) is 1. The molecule has 0 fully saturated rings. The Morgan fingerprint density at radius 2 is 2.00 bits per heavy atom. The zero-order valence-corrected chi connectivity index (χ0v) is 10.7. The van der Waals surface area contributed by atoms with Gasteiger partial charge in [-0.2, -0.15) is 0 Å². The second-order valence-electron chi connectivity index (χ2n) is 4.34. The summed E-state index contributed by atoms with van der Waals surface area (Å²) in [7, 11) is 2.00. The summed E-state index contributed by atoms with van der Waals surface area (Å²) in [5, 5.41) is 0. The van der Waals surface area contributed by atoms with Crippen LogP contribution in [-0.2, 0) is 11.3 Å². The first-order chi connectivity index (χ1) is 7.56. The van der Waals surface area contributed by atoms with Crippen LogP contribution in [0.2, 0.25) is 0 Å². The quantitative estimate of drug-likeness (QED) is 0.759. The fourth-order valence-electron chi connectivity index (χ4n) is 1.73. The molecule has 0 bridgehead atoms. The van der Waals surface area contributed by atoms with Crippen LogP contribution in [0, 0.1) is 6.92 Å². The molecule has 0 aliphatic rings. The SMILES string of the molecule is CCC(=O)C(C)N(C)Cc1ccccc1C. The Bertz CT molecular complexity index is 360. The standard InChI is InChI=1S/C14H21NO/c1-5-14(16)12(3)15(4)10-13-9-7-6-8-11(13)2/h6-9,12H,5,10H2,1-4H3. The summed E-state index contributed by atoms with van der Waals surface area (Å²) in [6.07, 6.45) is 0.610. The molecular weight excluding hydrogens is 198 g/mol. The van der Waals surface area contributed by atoms with Crippen LogP contribution in [0.5, 0.6) is 0 Å². The summed E-state index contributed by atoms with van der Waals surface area (Å²) in [5.41, 5.74) is 2.58. The third-order valence-corrected chi connectivity index (χ3v) is 3.16. The molecule has 88 valence electrons. The zero-order chi connectivity index (χ0) is 12.1. The number of aryl methyl sites for hydroxylation is 1. The van der Waals surface area contributed by atoms with Crippen LogP contribution in [0.1, 0.15) is 31.4 Å². The average Bonchev–Trinajstić information content (AvgIpc) is 2.30. The van der Waals surface area contributed by atoms with E-state index in [2.05, 4.69) is 24.0 Å². The summed E-state index contributed by atoms with van der Waals surface area (Å²) in [5.74, 6) is 0.302. The highest BCUT2D eigenvalue weighted by Crippen LogP contribution is 2.12. The first-order valence-corrected chi connectivity index (χ1v) is 5.83. The second-order valence-corrected chi connectivity index (χ2v) is 4.34. The van der Waals surface area contributed by atoms with E-state index in [9.17, 15) is 4.79 Å². The maximum Gasteiger partial charge on any atom is 0.149 e. The van der Waals surface area contributed by atoms with Gasteiger partial charge in [-0.15, -0.1) is 0 Å². The Kier molecular flexibility index (Phi) is 4.69. The topological polar surface area (TPSA) is 20.3 Å². The smallest absolute Gasteiger partial charge is 0.149 e. The molecule has 1 rings (SSSR count). The van der Waals surface area contributed by atoms with Gasteiger partial charge in [0.2, 0.25) is 0 Å². The Morgan fingerprint density at radius 3 is 2.56 bits per heavy atom. The number of benzene rings is 1. The predicted octanol–water partition coefficient (Wildman–Crippen LogP) is 2.79. The van der Waals surface area contributed by atoms with E-state index in [4.69, 9.17) is 0 Å². The summed E-state index contributed by atoms with van der Waals surface area (Å²) in [4.78, 5) is 13.7. The molecule has 0 aromatic heterocycles. The van der Waals surface area contributed by atoms with Crippen molar-refractivity contribution in [3.8, 4) is 0 Å². The van der Waals surface area contributed by atoms with E-state index >= 15 is 0 Å². The van der Waals surface area contributed by atoms with E-state index in [0.717, 1.165) is 6.54 Å². The molecule has 1 atom stereocenters. The lowest BCUT2D eigenvalue weighted by Crippen LogP contribution is -2.35. The van der Waals surface area contributed by atoms with E-state index in [1.165, 1.54) is 11.1 Å². The number of hydrogen-bond donors (Lipinski definition) is 0.